The van der Waals surface area contributed by atoms with Crippen molar-refractivity contribution < 1.29 is 14.4 Å². The minimum Gasteiger partial charge on any atom is -0.497 e. The maximum Gasteiger partial charge on any atom is 0.358 e. The molecule has 0 bridgehead atoms. The third-order valence-corrected chi connectivity index (χ3v) is 4.67. The number of para-hydroxylation sites is 2. The van der Waals surface area contributed by atoms with Gasteiger partial charge in [-0.15, -0.1) is 0 Å². The van der Waals surface area contributed by atoms with Gasteiger partial charge in [0.15, 0.2) is 0 Å². The molecule has 1 aliphatic rings. The van der Waals surface area contributed by atoms with Gasteiger partial charge in [0.2, 0.25) is 0 Å². The summed E-state index contributed by atoms with van der Waals surface area (Å²) in [5.74, 6) is 1.88. The molecule has 24 heavy (non-hydrogen) atoms. The van der Waals surface area contributed by atoms with Gasteiger partial charge >= 0.3 is 5.95 Å². The number of nitrogens with one attached hydrogen (secondary N) is 1. The van der Waals surface area contributed by atoms with Gasteiger partial charge in [0.25, 0.3) is 0 Å². The van der Waals surface area contributed by atoms with E-state index in [1.165, 1.54) is 5.52 Å². The van der Waals surface area contributed by atoms with Crippen molar-refractivity contribution in [2.45, 2.75) is 25.6 Å². The Labute approximate surface area is 141 Å². The smallest absolute Gasteiger partial charge is 0.358 e. The number of anilines is 1. The first-order valence-electron chi connectivity index (χ1n) is 8.35. The number of aliphatic hydroxyl groups is 1. The number of imidazole rings is 1. The van der Waals surface area contributed by atoms with Gasteiger partial charge in [-0.1, -0.05) is 24.3 Å². The van der Waals surface area contributed by atoms with E-state index < -0.39 is 6.10 Å². The minimum absolute atomic E-state index is 0.516. The van der Waals surface area contributed by atoms with E-state index >= 15 is 0 Å². The van der Waals surface area contributed by atoms with Crippen LogP contribution in [0.5, 0.6) is 5.75 Å². The molecule has 0 aliphatic carbocycles. The number of hydrogen-bond acceptors (Lipinski definition) is 3. The molecule has 5 heteroatoms. The van der Waals surface area contributed by atoms with Crippen LogP contribution >= 0.6 is 0 Å². The number of aliphatic hydroxyl groups excluding tert-OH is 1. The van der Waals surface area contributed by atoms with E-state index in [1.807, 2.05) is 30.3 Å². The number of nitrogens with zero attached hydrogens (tertiary/aromatic N) is 2. The molecule has 124 valence electrons. The van der Waals surface area contributed by atoms with Crippen LogP contribution in [0.25, 0.3) is 11.0 Å². The van der Waals surface area contributed by atoms with E-state index in [-0.39, 0.29) is 0 Å². The van der Waals surface area contributed by atoms with E-state index in [2.05, 4.69) is 32.7 Å². The summed E-state index contributed by atoms with van der Waals surface area (Å²) < 4.78 is 9.68. The number of aryl methyl sites for hydroxylation is 1. The summed E-state index contributed by atoms with van der Waals surface area (Å²) in [5.41, 5.74) is 3.25. The standard InChI is InChI=1S/C19H21N3O2/c1-24-15-9-7-14(8-10-15)18(23)13-22-17-6-3-2-5-16(17)21-12-4-11-20-19(21)22/h2-3,5-10,18,23H,4,11-13H2,1H3/p+1. The molecular formula is C19H22N3O2+. The zero-order chi connectivity index (χ0) is 16.5. The quantitative estimate of drug-likeness (QED) is 0.725. The molecule has 0 spiro atoms. The van der Waals surface area contributed by atoms with Crippen LogP contribution in [0.1, 0.15) is 18.1 Å². The van der Waals surface area contributed by atoms with Gasteiger partial charge in [-0.25, -0.2) is 9.13 Å². The van der Waals surface area contributed by atoms with Crippen molar-refractivity contribution >= 4 is 17.0 Å². The molecule has 2 aromatic carbocycles. The molecule has 0 radical (unpaired) electrons. The van der Waals surface area contributed by atoms with Crippen molar-refractivity contribution in [3.63, 3.8) is 0 Å². The van der Waals surface area contributed by atoms with Crippen LogP contribution in [0.2, 0.25) is 0 Å². The average Bonchev–Trinajstić information content (AvgIpc) is 2.96. The highest BCUT2D eigenvalue weighted by Crippen LogP contribution is 2.25. The Morgan fingerprint density at radius 2 is 2.00 bits per heavy atom. The lowest BCUT2D eigenvalue weighted by atomic mass is 10.1. The van der Waals surface area contributed by atoms with Gasteiger partial charge in [-0.2, -0.15) is 0 Å². The molecule has 1 aliphatic heterocycles. The van der Waals surface area contributed by atoms with Crippen molar-refractivity contribution in [2.75, 3.05) is 19.0 Å². The Morgan fingerprint density at radius 3 is 2.79 bits per heavy atom. The number of rotatable bonds is 4. The molecular weight excluding hydrogens is 302 g/mol. The summed E-state index contributed by atoms with van der Waals surface area (Å²) in [6, 6.07) is 16.0. The van der Waals surface area contributed by atoms with Gasteiger partial charge in [0.1, 0.15) is 29.4 Å². The second kappa shape index (κ2) is 6.17. The number of ether oxygens (including phenoxy) is 1. The largest absolute Gasteiger partial charge is 0.497 e. The normalized spacial score (nSPS) is 14.9. The molecule has 0 saturated heterocycles. The number of fused-ring (bicyclic) bond motifs is 3. The van der Waals surface area contributed by atoms with Crippen LogP contribution in [0, 0.1) is 0 Å². The summed E-state index contributed by atoms with van der Waals surface area (Å²) in [4.78, 5) is 0. The van der Waals surface area contributed by atoms with Crippen molar-refractivity contribution in [2.24, 2.45) is 0 Å². The maximum absolute atomic E-state index is 10.7. The fourth-order valence-electron chi connectivity index (χ4n) is 3.44. The van der Waals surface area contributed by atoms with E-state index in [1.54, 1.807) is 7.11 Å². The molecule has 0 fully saturated rings. The second-order valence-electron chi connectivity index (χ2n) is 6.14. The van der Waals surface area contributed by atoms with E-state index in [0.29, 0.717) is 6.54 Å². The molecule has 5 nitrogen and oxygen atoms in total. The summed E-state index contributed by atoms with van der Waals surface area (Å²) in [7, 11) is 1.65. The topological polar surface area (TPSA) is 50.3 Å². The molecule has 4 rings (SSSR count). The predicted molar refractivity (Wildman–Crippen MR) is 93.2 cm³/mol. The van der Waals surface area contributed by atoms with Crippen molar-refractivity contribution in [3.8, 4) is 5.75 Å². The van der Waals surface area contributed by atoms with Crippen LogP contribution in [0.15, 0.2) is 48.5 Å². The van der Waals surface area contributed by atoms with Crippen molar-refractivity contribution in [1.82, 2.24) is 4.57 Å². The fraction of sp³-hybridized carbons (Fsp3) is 0.316. The van der Waals surface area contributed by atoms with Gasteiger partial charge in [0.05, 0.1) is 20.2 Å². The SMILES string of the molecule is COc1ccc(C(O)Cn2c3[n+](c4ccccc42)CCCN3)cc1. The molecule has 1 unspecified atom stereocenters. The third-order valence-electron chi connectivity index (χ3n) is 4.67. The Kier molecular flexibility index (Phi) is 3.86. The minimum atomic E-state index is -0.569. The summed E-state index contributed by atoms with van der Waals surface area (Å²) in [5, 5.41) is 14.2. The van der Waals surface area contributed by atoms with Gasteiger partial charge < -0.3 is 9.84 Å². The van der Waals surface area contributed by atoms with Crippen molar-refractivity contribution in [3.05, 3.63) is 54.1 Å². The Bertz CT molecular complexity index is 855. The zero-order valence-corrected chi connectivity index (χ0v) is 13.8. The van der Waals surface area contributed by atoms with Crippen LogP contribution in [0.4, 0.5) is 5.95 Å². The van der Waals surface area contributed by atoms with E-state index in [4.69, 9.17) is 4.74 Å². The summed E-state index contributed by atoms with van der Waals surface area (Å²) >= 11 is 0. The number of methoxy groups -OCH3 is 1. The van der Waals surface area contributed by atoms with Crippen LogP contribution in [0.3, 0.4) is 0 Å². The highest BCUT2D eigenvalue weighted by Gasteiger charge is 2.27. The average molecular weight is 324 g/mol. The highest BCUT2D eigenvalue weighted by molar-refractivity contribution is 5.74. The predicted octanol–water partition coefficient (Wildman–Crippen LogP) is 2.49. The van der Waals surface area contributed by atoms with Crippen molar-refractivity contribution in [1.29, 1.82) is 0 Å². The Hall–Kier alpha value is -2.53. The first kappa shape index (κ1) is 15.0. The monoisotopic (exact) mass is 324 g/mol. The zero-order valence-electron chi connectivity index (χ0n) is 13.8. The van der Waals surface area contributed by atoms with Gasteiger partial charge in [-0.05, 0) is 29.8 Å². The second-order valence-corrected chi connectivity index (χ2v) is 6.14. The first-order valence-corrected chi connectivity index (χ1v) is 8.35. The molecule has 1 aromatic heterocycles. The Balaban J connectivity index is 1.71. The van der Waals surface area contributed by atoms with Gasteiger partial charge in [-0.3, -0.25) is 5.32 Å². The molecule has 2 N–H and O–H groups in total. The summed E-state index contributed by atoms with van der Waals surface area (Å²) in [6.07, 6.45) is 0.548. The van der Waals surface area contributed by atoms with Crippen LogP contribution in [-0.4, -0.2) is 23.3 Å². The molecule has 0 amide bonds. The fourth-order valence-corrected chi connectivity index (χ4v) is 3.44. The molecule has 0 saturated carbocycles. The highest BCUT2D eigenvalue weighted by atomic mass is 16.5. The van der Waals surface area contributed by atoms with E-state index in [0.717, 1.165) is 42.3 Å². The maximum atomic E-state index is 10.7. The van der Waals surface area contributed by atoms with Crippen LogP contribution in [-0.2, 0) is 13.1 Å². The molecule has 2 heterocycles. The lowest BCUT2D eigenvalue weighted by molar-refractivity contribution is -0.661. The molecule has 1 atom stereocenters. The van der Waals surface area contributed by atoms with Crippen LogP contribution < -0.4 is 14.6 Å². The lowest BCUT2D eigenvalue weighted by Crippen LogP contribution is -2.42. The lowest BCUT2D eigenvalue weighted by Gasteiger charge is -2.14. The number of benzene rings is 2. The first-order chi connectivity index (χ1) is 11.8. The van der Waals surface area contributed by atoms with E-state index in [9.17, 15) is 5.11 Å². The van der Waals surface area contributed by atoms with Gasteiger partial charge in [0, 0.05) is 6.42 Å². The Morgan fingerprint density at radius 1 is 1.21 bits per heavy atom. The number of aromatic nitrogens is 2. The molecule has 3 aromatic rings. The number of hydrogen-bond donors (Lipinski definition) is 2. The summed E-state index contributed by atoms with van der Waals surface area (Å²) in [6.45, 7) is 2.49. The third kappa shape index (κ3) is 2.51.